The molecule has 4 rings (SSSR count). The number of nitrogens with zero attached hydrogens (tertiary/aromatic N) is 2. The molecule has 1 unspecified atom stereocenters. The zero-order valence-corrected chi connectivity index (χ0v) is 14.7. The molecule has 1 N–H and O–H groups in total. The zero-order valence-electron chi connectivity index (χ0n) is 13.8. The Bertz CT molecular complexity index is 839. The highest BCUT2D eigenvalue weighted by Gasteiger charge is 2.30. The van der Waals surface area contributed by atoms with Gasteiger partial charge in [-0.1, -0.05) is 17.3 Å². The first-order valence-electron chi connectivity index (χ1n) is 8.65. The van der Waals surface area contributed by atoms with Gasteiger partial charge in [0.1, 0.15) is 0 Å². The summed E-state index contributed by atoms with van der Waals surface area (Å²) in [6, 6.07) is 7.05. The van der Waals surface area contributed by atoms with Crippen molar-refractivity contribution in [3.05, 3.63) is 30.2 Å². The number of rotatable bonds is 6. The lowest BCUT2D eigenvalue weighted by Gasteiger charge is -2.22. The summed E-state index contributed by atoms with van der Waals surface area (Å²) in [5.41, 5.74) is 1.22. The van der Waals surface area contributed by atoms with E-state index >= 15 is 0 Å². The molecule has 1 saturated heterocycles. The quantitative estimate of drug-likeness (QED) is 0.848. The van der Waals surface area contributed by atoms with Gasteiger partial charge in [0, 0.05) is 23.8 Å². The molecule has 1 aromatic carbocycles. The fraction of sp³-hybridized carbons (Fsp3) is 0.529. The molecule has 134 valence electrons. The number of benzene rings is 1. The summed E-state index contributed by atoms with van der Waals surface area (Å²) in [6.45, 7) is 0.636. The molecule has 1 aliphatic carbocycles. The van der Waals surface area contributed by atoms with Crippen LogP contribution in [-0.2, 0) is 14.8 Å². The van der Waals surface area contributed by atoms with Crippen LogP contribution in [0.4, 0.5) is 5.69 Å². The molecule has 2 fully saturated rings. The standard InChI is InChI=1S/C17H21N3O4S/c21-25(22,11-15-6-1-2-9-23-15)20-14-5-3-4-13(10-14)16-18-17(24-19-16)12-7-8-12/h3-5,10,12,15,20H,1-2,6-9,11H2. The second-order valence-corrected chi connectivity index (χ2v) is 8.45. The highest BCUT2D eigenvalue weighted by molar-refractivity contribution is 7.92. The molecule has 2 heterocycles. The first-order chi connectivity index (χ1) is 12.1. The summed E-state index contributed by atoms with van der Waals surface area (Å²) >= 11 is 0. The normalized spacial score (nSPS) is 21.2. The lowest BCUT2D eigenvalue weighted by Crippen LogP contribution is -2.30. The minimum atomic E-state index is -3.47. The molecule has 1 saturated carbocycles. The summed E-state index contributed by atoms with van der Waals surface area (Å²) in [4.78, 5) is 4.40. The van der Waals surface area contributed by atoms with Crippen LogP contribution in [-0.4, -0.2) is 37.0 Å². The van der Waals surface area contributed by atoms with Crippen LogP contribution in [0.5, 0.6) is 0 Å². The Hall–Kier alpha value is -1.93. The van der Waals surface area contributed by atoms with Gasteiger partial charge in [-0.2, -0.15) is 4.98 Å². The average molecular weight is 363 g/mol. The first-order valence-corrected chi connectivity index (χ1v) is 10.3. The van der Waals surface area contributed by atoms with E-state index in [1.807, 2.05) is 6.07 Å². The van der Waals surface area contributed by atoms with Crippen molar-refractivity contribution in [3.8, 4) is 11.4 Å². The van der Waals surface area contributed by atoms with Crippen molar-refractivity contribution < 1.29 is 17.7 Å². The van der Waals surface area contributed by atoms with E-state index in [1.165, 1.54) is 0 Å². The minimum Gasteiger partial charge on any atom is -0.377 e. The van der Waals surface area contributed by atoms with Crippen LogP contribution in [0, 0.1) is 0 Å². The van der Waals surface area contributed by atoms with Gasteiger partial charge in [0.15, 0.2) is 0 Å². The predicted molar refractivity (Wildman–Crippen MR) is 92.7 cm³/mol. The van der Waals surface area contributed by atoms with Gasteiger partial charge in [-0.05, 0) is 44.2 Å². The maximum atomic E-state index is 12.4. The van der Waals surface area contributed by atoms with Crippen LogP contribution in [0.15, 0.2) is 28.8 Å². The molecule has 7 nitrogen and oxygen atoms in total. The zero-order chi connectivity index (χ0) is 17.3. The van der Waals surface area contributed by atoms with Crippen LogP contribution in [0.3, 0.4) is 0 Å². The van der Waals surface area contributed by atoms with E-state index in [0.717, 1.165) is 37.7 Å². The highest BCUT2D eigenvalue weighted by atomic mass is 32.2. The van der Waals surface area contributed by atoms with Crippen molar-refractivity contribution in [2.75, 3.05) is 17.1 Å². The SMILES string of the molecule is O=S(=O)(CC1CCCCO1)Nc1cccc(-c2noc(C3CC3)n2)c1. The van der Waals surface area contributed by atoms with E-state index in [0.29, 0.717) is 29.9 Å². The number of aromatic nitrogens is 2. The summed E-state index contributed by atoms with van der Waals surface area (Å²) < 4.78 is 38.2. The van der Waals surface area contributed by atoms with E-state index in [4.69, 9.17) is 9.26 Å². The fourth-order valence-electron chi connectivity index (χ4n) is 2.98. The van der Waals surface area contributed by atoms with Crippen molar-refractivity contribution in [1.82, 2.24) is 10.1 Å². The van der Waals surface area contributed by atoms with E-state index < -0.39 is 10.0 Å². The summed E-state index contributed by atoms with van der Waals surface area (Å²) in [6.07, 6.45) is 4.74. The number of nitrogens with one attached hydrogen (secondary N) is 1. The van der Waals surface area contributed by atoms with Crippen LogP contribution < -0.4 is 4.72 Å². The fourth-order valence-corrected chi connectivity index (χ4v) is 4.30. The monoisotopic (exact) mass is 363 g/mol. The van der Waals surface area contributed by atoms with E-state index in [-0.39, 0.29) is 11.9 Å². The topological polar surface area (TPSA) is 94.3 Å². The van der Waals surface area contributed by atoms with Gasteiger partial charge >= 0.3 is 0 Å². The van der Waals surface area contributed by atoms with E-state index in [9.17, 15) is 8.42 Å². The molecule has 1 aromatic heterocycles. The van der Waals surface area contributed by atoms with Crippen LogP contribution in [0.25, 0.3) is 11.4 Å². The molecule has 25 heavy (non-hydrogen) atoms. The van der Waals surface area contributed by atoms with Crippen molar-refractivity contribution >= 4 is 15.7 Å². The second kappa shape index (κ2) is 6.76. The van der Waals surface area contributed by atoms with Crippen molar-refractivity contribution in [2.24, 2.45) is 0 Å². The number of ether oxygens (including phenoxy) is 1. The van der Waals surface area contributed by atoms with Gasteiger partial charge in [-0.3, -0.25) is 4.72 Å². The Kier molecular flexibility index (Phi) is 4.47. The molecule has 0 radical (unpaired) electrons. The van der Waals surface area contributed by atoms with Crippen molar-refractivity contribution in [2.45, 2.75) is 44.1 Å². The molecule has 1 aliphatic heterocycles. The third-order valence-electron chi connectivity index (χ3n) is 4.44. The smallest absolute Gasteiger partial charge is 0.235 e. The third-order valence-corrected chi connectivity index (χ3v) is 5.80. The van der Waals surface area contributed by atoms with Gasteiger partial charge < -0.3 is 9.26 Å². The lowest BCUT2D eigenvalue weighted by molar-refractivity contribution is 0.0306. The van der Waals surface area contributed by atoms with E-state index in [2.05, 4.69) is 14.9 Å². The number of hydrogen-bond acceptors (Lipinski definition) is 6. The van der Waals surface area contributed by atoms with Gasteiger partial charge in [0.25, 0.3) is 0 Å². The maximum Gasteiger partial charge on any atom is 0.235 e. The summed E-state index contributed by atoms with van der Waals surface area (Å²) in [5.74, 6) is 1.51. The Morgan fingerprint density at radius 3 is 2.84 bits per heavy atom. The molecule has 0 bridgehead atoms. The van der Waals surface area contributed by atoms with Crippen LogP contribution in [0.2, 0.25) is 0 Å². The van der Waals surface area contributed by atoms with Gasteiger partial charge in [-0.15, -0.1) is 0 Å². The summed E-state index contributed by atoms with van der Waals surface area (Å²) in [7, 11) is -3.47. The Labute approximate surface area is 146 Å². The highest BCUT2D eigenvalue weighted by Crippen LogP contribution is 2.39. The Morgan fingerprint density at radius 1 is 1.20 bits per heavy atom. The van der Waals surface area contributed by atoms with Gasteiger partial charge in [0.2, 0.25) is 21.7 Å². The third kappa shape index (κ3) is 4.19. The maximum absolute atomic E-state index is 12.4. The Balaban J connectivity index is 1.46. The van der Waals surface area contributed by atoms with E-state index in [1.54, 1.807) is 18.2 Å². The van der Waals surface area contributed by atoms with Crippen molar-refractivity contribution in [3.63, 3.8) is 0 Å². The van der Waals surface area contributed by atoms with Gasteiger partial charge in [-0.25, -0.2) is 8.42 Å². The first kappa shape index (κ1) is 16.5. The molecule has 1 atom stereocenters. The molecular formula is C17H21N3O4S. The van der Waals surface area contributed by atoms with Crippen LogP contribution in [0.1, 0.15) is 43.9 Å². The largest absolute Gasteiger partial charge is 0.377 e. The summed E-state index contributed by atoms with van der Waals surface area (Å²) in [5, 5.41) is 4.00. The molecule has 2 aliphatic rings. The molecule has 8 heteroatoms. The lowest BCUT2D eigenvalue weighted by atomic mass is 10.1. The number of sulfonamides is 1. The van der Waals surface area contributed by atoms with Crippen molar-refractivity contribution in [1.29, 1.82) is 0 Å². The number of anilines is 1. The van der Waals surface area contributed by atoms with Gasteiger partial charge in [0.05, 0.1) is 11.9 Å². The molecule has 2 aromatic rings. The molecular weight excluding hydrogens is 342 g/mol. The second-order valence-electron chi connectivity index (χ2n) is 6.68. The van der Waals surface area contributed by atoms with Crippen LogP contribution >= 0.6 is 0 Å². The minimum absolute atomic E-state index is 0.0226. The predicted octanol–water partition coefficient (Wildman–Crippen LogP) is 2.92. The molecule has 0 spiro atoms. The number of hydrogen-bond donors (Lipinski definition) is 1. The molecule has 0 amide bonds. The average Bonchev–Trinajstić information content (AvgIpc) is 3.32. The Morgan fingerprint density at radius 2 is 2.08 bits per heavy atom.